The number of likely N-dealkylation sites (N-methyl/N-ethyl adjacent to an activating group) is 1. The summed E-state index contributed by atoms with van der Waals surface area (Å²) in [7, 11) is 4.01. The maximum absolute atomic E-state index is 11.3. The number of aromatic nitrogens is 2. The Labute approximate surface area is 102 Å². The molecular weight excluding hydrogens is 239 g/mol. The lowest BCUT2D eigenvalue weighted by molar-refractivity contribution is 0.0759. The zero-order chi connectivity index (χ0) is 12.3. The van der Waals surface area contributed by atoms with Crippen molar-refractivity contribution in [1.29, 1.82) is 0 Å². The lowest BCUT2D eigenvalue weighted by Gasteiger charge is -2.32. The highest BCUT2D eigenvalue weighted by atomic mass is 31.0. The molecule has 0 spiro atoms. The number of carbonyl (C=O) groups excluding carboxylic acids is 1. The van der Waals surface area contributed by atoms with E-state index in [2.05, 4.69) is 31.3 Å². The molecule has 92 valence electrons. The topological polar surface area (TPSA) is 58.6 Å². The highest BCUT2D eigenvalue weighted by molar-refractivity contribution is 7.10. The van der Waals surface area contributed by atoms with E-state index in [9.17, 15) is 4.79 Å². The van der Waals surface area contributed by atoms with Crippen LogP contribution in [0.5, 0.6) is 0 Å². The Hall–Kier alpha value is -1.26. The molecule has 0 radical (unpaired) electrons. The van der Waals surface area contributed by atoms with Crippen LogP contribution in [0.2, 0.25) is 0 Å². The van der Waals surface area contributed by atoms with Gasteiger partial charge in [0.1, 0.15) is 0 Å². The second-order valence-corrected chi connectivity index (χ2v) is 4.17. The van der Waals surface area contributed by atoms with Gasteiger partial charge in [0.05, 0.1) is 9.47 Å². The van der Waals surface area contributed by atoms with E-state index in [4.69, 9.17) is 0 Å². The average Bonchev–Trinajstić information content (AvgIpc) is 2.39. The van der Waals surface area contributed by atoms with E-state index < -0.39 is 5.97 Å². The molecule has 7 heteroatoms. The molecule has 1 aliphatic rings. The van der Waals surface area contributed by atoms with E-state index in [1.807, 2.05) is 9.47 Å². The molecule has 0 N–H and O–H groups in total. The Kier molecular flexibility index (Phi) is 3.86. The van der Waals surface area contributed by atoms with E-state index >= 15 is 0 Å². The Morgan fingerprint density at radius 1 is 1.41 bits per heavy atom. The summed E-state index contributed by atoms with van der Waals surface area (Å²) < 4.78 is 4.56. The van der Waals surface area contributed by atoms with Crippen molar-refractivity contribution in [1.82, 2.24) is 14.9 Å². The number of piperazine rings is 1. The number of nitrogens with zero attached hydrogens (tertiary/aromatic N) is 4. The molecule has 0 bridgehead atoms. The minimum Gasteiger partial charge on any atom is -0.447 e. The van der Waals surface area contributed by atoms with Gasteiger partial charge in [0.15, 0.2) is 5.69 Å². The predicted molar refractivity (Wildman–Crippen MR) is 66.9 cm³/mol. The number of hydrogen-bond donors (Lipinski definition) is 0. The molecule has 1 aliphatic heterocycles. The molecule has 0 saturated carbocycles. The van der Waals surface area contributed by atoms with Crippen molar-refractivity contribution in [3.63, 3.8) is 0 Å². The molecule has 1 aromatic rings. The number of carbonyl (C=O) groups is 1. The number of rotatable bonds is 2. The zero-order valence-corrected chi connectivity index (χ0v) is 10.8. The summed E-state index contributed by atoms with van der Waals surface area (Å²) in [5.41, 5.74) is 0.281. The van der Waals surface area contributed by atoms with Gasteiger partial charge in [0.25, 0.3) is 0 Å². The standard InChI is InChI=1S/C10H15N4O2P/c1-13-4-6-14(7-5-13)10-11-3-2-8(12-10)9(15)16-17/h2-3H,4-7,17H2,1H3. The first-order valence-corrected chi connectivity index (χ1v) is 5.85. The van der Waals surface area contributed by atoms with Crippen molar-refractivity contribution in [3.8, 4) is 0 Å². The van der Waals surface area contributed by atoms with E-state index in [-0.39, 0.29) is 5.69 Å². The molecule has 1 saturated heterocycles. The van der Waals surface area contributed by atoms with Gasteiger partial charge in [-0.1, -0.05) is 0 Å². The van der Waals surface area contributed by atoms with Gasteiger partial charge in [-0.05, 0) is 13.1 Å². The van der Waals surface area contributed by atoms with Crippen LogP contribution in [0.25, 0.3) is 0 Å². The molecule has 1 unspecified atom stereocenters. The third kappa shape index (κ3) is 2.90. The van der Waals surface area contributed by atoms with Crippen molar-refractivity contribution in [2.75, 3.05) is 38.1 Å². The van der Waals surface area contributed by atoms with Gasteiger partial charge >= 0.3 is 5.97 Å². The molecule has 2 heterocycles. The molecule has 1 fully saturated rings. The lowest BCUT2D eigenvalue weighted by Crippen LogP contribution is -2.45. The van der Waals surface area contributed by atoms with Crippen molar-refractivity contribution in [2.24, 2.45) is 0 Å². The number of hydrogen-bond acceptors (Lipinski definition) is 6. The van der Waals surface area contributed by atoms with E-state index in [0.29, 0.717) is 5.95 Å². The second-order valence-electron chi connectivity index (χ2n) is 3.94. The van der Waals surface area contributed by atoms with Crippen LogP contribution in [0.15, 0.2) is 12.3 Å². The molecule has 0 amide bonds. The molecule has 0 aliphatic carbocycles. The summed E-state index contributed by atoms with van der Waals surface area (Å²) in [6.45, 7) is 3.69. The first-order valence-electron chi connectivity index (χ1n) is 5.38. The molecule has 6 nitrogen and oxygen atoms in total. The van der Waals surface area contributed by atoms with Crippen LogP contribution >= 0.6 is 9.47 Å². The van der Waals surface area contributed by atoms with Crippen LogP contribution in [-0.2, 0) is 4.52 Å². The molecular formula is C10H15N4O2P. The second kappa shape index (κ2) is 5.38. The van der Waals surface area contributed by atoms with E-state index in [0.717, 1.165) is 26.2 Å². The third-order valence-electron chi connectivity index (χ3n) is 2.75. The van der Waals surface area contributed by atoms with Gasteiger partial charge in [0, 0.05) is 32.4 Å². The minimum absolute atomic E-state index is 0.281. The minimum atomic E-state index is -0.465. The van der Waals surface area contributed by atoms with Gasteiger partial charge in [-0.3, -0.25) is 0 Å². The van der Waals surface area contributed by atoms with Gasteiger partial charge in [-0.25, -0.2) is 14.8 Å². The maximum Gasteiger partial charge on any atom is 0.359 e. The van der Waals surface area contributed by atoms with Crippen LogP contribution in [0.1, 0.15) is 10.5 Å². The first-order chi connectivity index (χ1) is 8.20. The maximum atomic E-state index is 11.3. The van der Waals surface area contributed by atoms with Crippen molar-refractivity contribution in [2.45, 2.75) is 0 Å². The van der Waals surface area contributed by atoms with E-state index in [1.165, 1.54) is 0 Å². The fourth-order valence-corrected chi connectivity index (χ4v) is 1.80. The first kappa shape index (κ1) is 12.2. The largest absolute Gasteiger partial charge is 0.447 e. The average molecular weight is 254 g/mol. The SMILES string of the molecule is CN1CCN(c2nccc(C(=O)OP)n2)CC1. The predicted octanol–water partition coefficient (Wildman–Crippen LogP) is 0.175. The van der Waals surface area contributed by atoms with Crippen molar-refractivity contribution < 1.29 is 9.32 Å². The summed E-state index contributed by atoms with van der Waals surface area (Å²) >= 11 is 0. The Morgan fingerprint density at radius 3 is 2.76 bits per heavy atom. The van der Waals surface area contributed by atoms with Crippen LogP contribution in [0.3, 0.4) is 0 Å². The Bertz CT molecular complexity index is 407. The van der Waals surface area contributed by atoms with Crippen LogP contribution < -0.4 is 4.90 Å². The highest BCUT2D eigenvalue weighted by Gasteiger charge is 2.17. The highest BCUT2D eigenvalue weighted by Crippen LogP contribution is 2.11. The molecule has 1 atom stereocenters. The number of anilines is 1. The van der Waals surface area contributed by atoms with Crippen LogP contribution in [-0.4, -0.2) is 54.1 Å². The van der Waals surface area contributed by atoms with Crippen LogP contribution in [0, 0.1) is 0 Å². The van der Waals surface area contributed by atoms with Gasteiger partial charge < -0.3 is 14.3 Å². The third-order valence-corrected chi connectivity index (χ3v) is 2.96. The fraction of sp³-hybridized carbons (Fsp3) is 0.500. The quantitative estimate of drug-likeness (QED) is 0.701. The molecule has 17 heavy (non-hydrogen) atoms. The summed E-state index contributed by atoms with van der Waals surface area (Å²) in [6.07, 6.45) is 1.58. The normalized spacial score (nSPS) is 16.9. The van der Waals surface area contributed by atoms with Gasteiger partial charge in [-0.2, -0.15) is 0 Å². The molecule has 0 aromatic carbocycles. The van der Waals surface area contributed by atoms with Crippen molar-refractivity contribution in [3.05, 3.63) is 18.0 Å². The molecule has 2 rings (SSSR count). The Morgan fingerprint density at radius 2 is 2.12 bits per heavy atom. The lowest BCUT2D eigenvalue weighted by atomic mass is 10.3. The monoisotopic (exact) mass is 254 g/mol. The zero-order valence-electron chi connectivity index (χ0n) is 9.67. The van der Waals surface area contributed by atoms with Crippen molar-refractivity contribution >= 4 is 21.4 Å². The molecule has 1 aromatic heterocycles. The van der Waals surface area contributed by atoms with Gasteiger partial charge in [0.2, 0.25) is 5.95 Å². The summed E-state index contributed by atoms with van der Waals surface area (Å²) in [4.78, 5) is 24.0. The smallest absolute Gasteiger partial charge is 0.359 e. The van der Waals surface area contributed by atoms with Gasteiger partial charge in [-0.15, -0.1) is 0 Å². The summed E-state index contributed by atoms with van der Waals surface area (Å²) in [5.74, 6) is 0.124. The summed E-state index contributed by atoms with van der Waals surface area (Å²) in [6, 6.07) is 1.55. The van der Waals surface area contributed by atoms with E-state index in [1.54, 1.807) is 12.3 Å². The fourth-order valence-electron chi connectivity index (χ4n) is 1.68. The summed E-state index contributed by atoms with van der Waals surface area (Å²) in [5, 5.41) is 0. The Balaban J connectivity index is 2.13. The van der Waals surface area contributed by atoms with Crippen LogP contribution in [0.4, 0.5) is 5.95 Å².